The van der Waals surface area contributed by atoms with Crippen molar-refractivity contribution in [3.05, 3.63) is 57.0 Å². The van der Waals surface area contributed by atoms with Gasteiger partial charge in [0, 0.05) is 6.26 Å². The molecule has 23 heavy (non-hydrogen) atoms. The molecule has 0 atom stereocenters. The monoisotopic (exact) mass is 391 g/mol. The third kappa shape index (κ3) is 4.85. The van der Waals surface area contributed by atoms with Gasteiger partial charge in [-0.1, -0.05) is 40.9 Å². The number of carbonyl (C=O) groups is 1. The van der Waals surface area contributed by atoms with E-state index in [0.717, 1.165) is 6.26 Å². The first-order chi connectivity index (χ1) is 10.7. The molecule has 2 aromatic carbocycles. The van der Waals surface area contributed by atoms with Gasteiger partial charge in [0.15, 0.2) is 9.84 Å². The summed E-state index contributed by atoms with van der Waals surface area (Å²) in [6.07, 6.45) is 1.13. The zero-order valence-corrected chi connectivity index (χ0v) is 15.0. The maximum absolute atomic E-state index is 12.1. The van der Waals surface area contributed by atoms with Gasteiger partial charge in [0.25, 0.3) is 0 Å². The normalized spacial score (nSPS) is 11.3. The minimum atomic E-state index is -3.39. The number of rotatable bonds is 4. The average Bonchev–Trinajstić information content (AvgIpc) is 2.44. The SMILES string of the molecule is CS(=O)(=O)c1ccc(Cl)c(NC(=O)Cc2ccc(Cl)c(Cl)c2)c1. The Bertz CT molecular complexity index is 866. The van der Waals surface area contributed by atoms with E-state index in [1.165, 1.54) is 18.2 Å². The average molecular weight is 393 g/mol. The highest BCUT2D eigenvalue weighted by molar-refractivity contribution is 7.90. The van der Waals surface area contributed by atoms with Gasteiger partial charge in [0.1, 0.15) is 0 Å². The van der Waals surface area contributed by atoms with Crippen LogP contribution in [0.4, 0.5) is 5.69 Å². The van der Waals surface area contributed by atoms with Gasteiger partial charge in [-0.05, 0) is 35.9 Å². The Balaban J connectivity index is 2.18. The fourth-order valence-corrected chi connectivity index (χ4v) is 2.99. The zero-order valence-electron chi connectivity index (χ0n) is 11.9. The van der Waals surface area contributed by atoms with Gasteiger partial charge in [-0.3, -0.25) is 4.79 Å². The molecule has 1 amide bonds. The molecule has 0 aromatic heterocycles. The van der Waals surface area contributed by atoms with Crippen LogP contribution in [0.1, 0.15) is 5.56 Å². The number of sulfone groups is 1. The summed E-state index contributed by atoms with van der Waals surface area (Å²) >= 11 is 17.7. The van der Waals surface area contributed by atoms with Gasteiger partial charge in [0.05, 0.1) is 32.1 Å². The van der Waals surface area contributed by atoms with Crippen molar-refractivity contribution in [1.29, 1.82) is 0 Å². The Morgan fingerprint density at radius 3 is 2.26 bits per heavy atom. The summed E-state index contributed by atoms with van der Waals surface area (Å²) in [6.45, 7) is 0. The van der Waals surface area contributed by atoms with Gasteiger partial charge in [0.2, 0.25) is 5.91 Å². The molecule has 0 radical (unpaired) electrons. The summed E-state index contributed by atoms with van der Waals surface area (Å²) in [5, 5.41) is 3.60. The maximum atomic E-state index is 12.1. The molecule has 0 aliphatic heterocycles. The van der Waals surface area contributed by atoms with Gasteiger partial charge in [-0.2, -0.15) is 0 Å². The van der Waals surface area contributed by atoms with Crippen LogP contribution in [0, 0.1) is 0 Å². The first-order valence-corrected chi connectivity index (χ1v) is 9.43. The molecule has 4 nitrogen and oxygen atoms in total. The van der Waals surface area contributed by atoms with Crippen LogP contribution in [0.2, 0.25) is 15.1 Å². The fourth-order valence-electron chi connectivity index (χ4n) is 1.86. The van der Waals surface area contributed by atoms with Crippen molar-refractivity contribution in [2.24, 2.45) is 0 Å². The second-order valence-electron chi connectivity index (χ2n) is 4.89. The Kier molecular flexibility index (Phi) is 5.57. The lowest BCUT2D eigenvalue weighted by Gasteiger charge is -2.09. The van der Waals surface area contributed by atoms with E-state index in [9.17, 15) is 13.2 Å². The third-order valence-corrected chi connectivity index (χ3v) is 5.17. The number of amides is 1. The van der Waals surface area contributed by atoms with E-state index in [2.05, 4.69) is 5.32 Å². The van der Waals surface area contributed by atoms with Gasteiger partial charge in [-0.15, -0.1) is 0 Å². The quantitative estimate of drug-likeness (QED) is 0.847. The molecule has 0 heterocycles. The molecular weight excluding hydrogens is 381 g/mol. The second-order valence-corrected chi connectivity index (χ2v) is 8.12. The van der Waals surface area contributed by atoms with Crippen molar-refractivity contribution < 1.29 is 13.2 Å². The molecule has 2 aromatic rings. The van der Waals surface area contributed by atoms with E-state index in [1.807, 2.05) is 0 Å². The van der Waals surface area contributed by atoms with Crippen molar-refractivity contribution >= 4 is 56.2 Å². The van der Waals surface area contributed by atoms with Crippen molar-refractivity contribution in [2.45, 2.75) is 11.3 Å². The van der Waals surface area contributed by atoms with Crippen LogP contribution >= 0.6 is 34.8 Å². The van der Waals surface area contributed by atoms with E-state index in [-0.39, 0.29) is 27.9 Å². The lowest BCUT2D eigenvalue weighted by atomic mass is 10.1. The predicted octanol–water partition coefficient (Wildman–Crippen LogP) is 4.23. The zero-order chi connectivity index (χ0) is 17.2. The molecule has 0 bridgehead atoms. The van der Waals surface area contributed by atoms with Crippen LogP contribution in [-0.4, -0.2) is 20.6 Å². The van der Waals surface area contributed by atoms with Crippen molar-refractivity contribution in [3.63, 3.8) is 0 Å². The molecule has 0 aliphatic carbocycles. The van der Waals surface area contributed by atoms with E-state index in [4.69, 9.17) is 34.8 Å². The molecule has 8 heteroatoms. The smallest absolute Gasteiger partial charge is 0.228 e. The highest BCUT2D eigenvalue weighted by atomic mass is 35.5. The van der Waals surface area contributed by atoms with E-state index in [1.54, 1.807) is 18.2 Å². The number of halogens is 3. The maximum Gasteiger partial charge on any atom is 0.228 e. The van der Waals surface area contributed by atoms with E-state index < -0.39 is 9.84 Å². The molecule has 0 saturated carbocycles. The van der Waals surface area contributed by atoms with Crippen molar-refractivity contribution in [3.8, 4) is 0 Å². The highest BCUT2D eigenvalue weighted by Crippen LogP contribution is 2.26. The number of hydrogen-bond donors (Lipinski definition) is 1. The predicted molar refractivity (Wildman–Crippen MR) is 93.4 cm³/mol. The first-order valence-electron chi connectivity index (χ1n) is 6.40. The molecule has 122 valence electrons. The molecule has 0 aliphatic rings. The van der Waals surface area contributed by atoms with Crippen LogP contribution < -0.4 is 5.32 Å². The number of carbonyl (C=O) groups excluding carboxylic acids is 1. The van der Waals surface area contributed by atoms with Gasteiger partial charge < -0.3 is 5.32 Å². The Labute approximate surface area is 149 Å². The molecule has 0 spiro atoms. The fraction of sp³-hybridized carbons (Fsp3) is 0.133. The van der Waals surface area contributed by atoms with Gasteiger partial charge in [-0.25, -0.2) is 8.42 Å². The first kappa shape index (κ1) is 18.1. The lowest BCUT2D eigenvalue weighted by molar-refractivity contribution is -0.115. The number of nitrogens with one attached hydrogen (secondary N) is 1. The number of anilines is 1. The molecule has 0 fully saturated rings. The molecule has 0 unspecified atom stereocenters. The molecule has 0 saturated heterocycles. The number of hydrogen-bond acceptors (Lipinski definition) is 3. The van der Waals surface area contributed by atoms with Crippen LogP contribution in [0.15, 0.2) is 41.3 Å². The largest absolute Gasteiger partial charge is 0.324 e. The highest BCUT2D eigenvalue weighted by Gasteiger charge is 2.13. The van der Waals surface area contributed by atoms with Crippen LogP contribution in [0.5, 0.6) is 0 Å². The summed E-state index contributed by atoms with van der Waals surface area (Å²) in [5.41, 5.74) is 0.909. The molecular formula is C15H12Cl3NO3S. The lowest BCUT2D eigenvalue weighted by Crippen LogP contribution is -2.15. The minimum Gasteiger partial charge on any atom is -0.324 e. The summed E-state index contributed by atoms with van der Waals surface area (Å²) < 4.78 is 23.1. The minimum absolute atomic E-state index is 0.0519. The third-order valence-electron chi connectivity index (χ3n) is 2.99. The molecule has 2 rings (SSSR count). The number of benzene rings is 2. The Hall–Kier alpha value is -1.27. The van der Waals surface area contributed by atoms with Crippen LogP contribution in [0.25, 0.3) is 0 Å². The summed E-state index contributed by atoms with van der Waals surface area (Å²) in [6, 6.07) is 9.01. The topological polar surface area (TPSA) is 63.2 Å². The standard InChI is InChI=1S/C15H12Cl3NO3S/c1-23(21,22)10-3-5-12(17)14(8-10)19-15(20)7-9-2-4-11(16)13(18)6-9/h2-6,8H,7H2,1H3,(H,19,20). The summed E-state index contributed by atoms with van der Waals surface area (Å²) in [7, 11) is -3.39. The van der Waals surface area contributed by atoms with E-state index >= 15 is 0 Å². The Morgan fingerprint density at radius 1 is 1.00 bits per heavy atom. The van der Waals surface area contributed by atoms with Gasteiger partial charge >= 0.3 is 0 Å². The summed E-state index contributed by atoms with van der Waals surface area (Å²) in [5.74, 6) is -0.351. The summed E-state index contributed by atoms with van der Waals surface area (Å²) in [4.78, 5) is 12.2. The van der Waals surface area contributed by atoms with Crippen LogP contribution in [0.3, 0.4) is 0 Å². The van der Waals surface area contributed by atoms with E-state index in [0.29, 0.717) is 15.6 Å². The second kappa shape index (κ2) is 7.09. The van der Waals surface area contributed by atoms with Crippen molar-refractivity contribution in [1.82, 2.24) is 0 Å². The molecule has 1 N–H and O–H groups in total. The van der Waals surface area contributed by atoms with Crippen molar-refractivity contribution in [2.75, 3.05) is 11.6 Å². The Morgan fingerprint density at radius 2 is 1.65 bits per heavy atom. The van der Waals surface area contributed by atoms with Crippen LogP contribution in [-0.2, 0) is 21.1 Å².